The second-order valence-electron chi connectivity index (χ2n) is 4.37. The maximum Gasteiger partial charge on any atom is 0.250 e. The monoisotopic (exact) mass is 269 g/mol. The van der Waals surface area contributed by atoms with Gasteiger partial charge in [-0.2, -0.15) is 5.26 Å². The average Bonchev–Trinajstić information content (AvgIpc) is 2.48. The normalized spacial score (nSPS) is 9.85. The zero-order valence-electron chi connectivity index (χ0n) is 11.4. The van der Waals surface area contributed by atoms with E-state index in [0.717, 1.165) is 11.3 Å². The fraction of sp³-hybridized carbons (Fsp3) is 0.200. The van der Waals surface area contributed by atoms with Crippen molar-refractivity contribution in [1.29, 1.82) is 5.26 Å². The van der Waals surface area contributed by atoms with Crippen LogP contribution in [0.15, 0.2) is 41.3 Å². The number of methoxy groups -OCH3 is 1. The number of nitriles is 1. The predicted molar refractivity (Wildman–Crippen MR) is 76.7 cm³/mol. The summed E-state index contributed by atoms with van der Waals surface area (Å²) in [6.07, 6.45) is 1.73. The average molecular weight is 269 g/mol. The molecule has 1 heterocycles. The van der Waals surface area contributed by atoms with Gasteiger partial charge in [0.25, 0.3) is 0 Å². The van der Waals surface area contributed by atoms with Crippen LogP contribution in [0.1, 0.15) is 11.1 Å². The Morgan fingerprint density at radius 1 is 1.35 bits per heavy atom. The molecule has 0 saturated heterocycles. The van der Waals surface area contributed by atoms with Crippen LogP contribution in [0.2, 0.25) is 0 Å². The molecule has 0 aliphatic rings. The smallest absolute Gasteiger partial charge is 0.250 e. The number of nitrogens with zero attached hydrogens (tertiary/aromatic N) is 2. The highest BCUT2D eigenvalue weighted by atomic mass is 16.5. The van der Waals surface area contributed by atoms with E-state index in [-0.39, 0.29) is 5.56 Å². The van der Waals surface area contributed by atoms with E-state index >= 15 is 0 Å². The zero-order chi connectivity index (χ0) is 14.5. The number of hydrogen-bond acceptors (Lipinski definition) is 4. The fourth-order valence-electron chi connectivity index (χ4n) is 1.86. The number of aromatic nitrogens is 1. The third-order valence-electron chi connectivity index (χ3n) is 2.97. The fourth-order valence-corrected chi connectivity index (χ4v) is 1.86. The lowest BCUT2D eigenvalue weighted by Gasteiger charge is -2.09. The number of anilines is 1. The van der Waals surface area contributed by atoms with Gasteiger partial charge in [-0.25, -0.2) is 0 Å². The first-order valence-corrected chi connectivity index (χ1v) is 6.11. The Bertz CT molecular complexity index is 714. The Morgan fingerprint density at radius 2 is 2.15 bits per heavy atom. The number of pyridine rings is 1. The summed E-state index contributed by atoms with van der Waals surface area (Å²) < 4.78 is 6.61. The molecule has 0 fully saturated rings. The molecular formula is C15H15N3O2. The van der Waals surface area contributed by atoms with Crippen LogP contribution < -0.4 is 15.6 Å². The summed E-state index contributed by atoms with van der Waals surface area (Å²) in [5, 5.41) is 12.2. The first-order chi connectivity index (χ1) is 9.63. The molecule has 0 atom stereocenters. The van der Waals surface area contributed by atoms with E-state index in [1.165, 1.54) is 10.6 Å². The molecule has 2 rings (SSSR count). The van der Waals surface area contributed by atoms with Crippen molar-refractivity contribution in [3.8, 4) is 11.8 Å². The molecule has 0 aliphatic heterocycles. The van der Waals surface area contributed by atoms with Crippen molar-refractivity contribution in [3.05, 3.63) is 58.0 Å². The SMILES string of the molecule is COc1ccc(CNc2ccc(=O)n(C)c2)cc1C#N. The largest absolute Gasteiger partial charge is 0.495 e. The number of aryl methyl sites for hydroxylation is 1. The molecule has 1 aromatic heterocycles. The lowest BCUT2D eigenvalue weighted by atomic mass is 10.1. The Kier molecular flexibility index (Phi) is 4.06. The van der Waals surface area contributed by atoms with Crippen molar-refractivity contribution >= 4 is 5.69 Å². The molecule has 0 aliphatic carbocycles. The summed E-state index contributed by atoms with van der Waals surface area (Å²) in [4.78, 5) is 11.3. The molecular weight excluding hydrogens is 254 g/mol. The Labute approximate surface area is 117 Å². The first-order valence-electron chi connectivity index (χ1n) is 6.11. The minimum atomic E-state index is -0.0493. The summed E-state index contributed by atoms with van der Waals surface area (Å²) >= 11 is 0. The van der Waals surface area contributed by atoms with Crippen LogP contribution in [0.3, 0.4) is 0 Å². The van der Waals surface area contributed by atoms with Gasteiger partial charge in [0.1, 0.15) is 11.8 Å². The molecule has 1 aromatic carbocycles. The van der Waals surface area contributed by atoms with Crippen molar-refractivity contribution in [2.75, 3.05) is 12.4 Å². The lowest BCUT2D eigenvalue weighted by molar-refractivity contribution is 0.413. The molecule has 2 aromatic rings. The summed E-state index contributed by atoms with van der Waals surface area (Å²) in [5.74, 6) is 0.568. The lowest BCUT2D eigenvalue weighted by Crippen LogP contribution is -2.15. The summed E-state index contributed by atoms with van der Waals surface area (Å²) in [6, 6.07) is 10.8. The maximum absolute atomic E-state index is 11.3. The highest BCUT2D eigenvalue weighted by Gasteiger charge is 2.03. The first kappa shape index (κ1) is 13.7. The van der Waals surface area contributed by atoms with E-state index in [4.69, 9.17) is 10.00 Å². The minimum absolute atomic E-state index is 0.0493. The minimum Gasteiger partial charge on any atom is -0.495 e. The Hall–Kier alpha value is -2.74. The predicted octanol–water partition coefficient (Wildman–Crippen LogP) is 1.88. The summed E-state index contributed by atoms with van der Waals surface area (Å²) in [7, 11) is 3.24. The Balaban J connectivity index is 2.13. The molecule has 0 spiro atoms. The third kappa shape index (κ3) is 2.98. The molecule has 5 heteroatoms. The maximum atomic E-state index is 11.3. The van der Waals surface area contributed by atoms with Gasteiger partial charge in [0, 0.05) is 25.9 Å². The van der Waals surface area contributed by atoms with Gasteiger partial charge in [-0.1, -0.05) is 6.07 Å². The highest BCUT2D eigenvalue weighted by Crippen LogP contribution is 2.19. The Morgan fingerprint density at radius 3 is 2.80 bits per heavy atom. The molecule has 0 saturated carbocycles. The van der Waals surface area contributed by atoms with Crippen LogP contribution in [0, 0.1) is 11.3 Å². The van der Waals surface area contributed by atoms with E-state index in [1.54, 1.807) is 38.6 Å². The van der Waals surface area contributed by atoms with Crippen LogP contribution in [0.5, 0.6) is 5.75 Å². The number of benzene rings is 1. The molecule has 20 heavy (non-hydrogen) atoms. The van der Waals surface area contributed by atoms with Gasteiger partial charge in [-0.05, 0) is 23.8 Å². The van der Waals surface area contributed by atoms with E-state index in [1.807, 2.05) is 6.07 Å². The van der Waals surface area contributed by atoms with Crippen LogP contribution in [-0.2, 0) is 13.6 Å². The number of nitrogens with one attached hydrogen (secondary N) is 1. The van der Waals surface area contributed by atoms with Gasteiger partial charge < -0.3 is 14.6 Å². The van der Waals surface area contributed by atoms with Crippen LogP contribution in [-0.4, -0.2) is 11.7 Å². The summed E-state index contributed by atoms with van der Waals surface area (Å²) in [5.41, 5.74) is 2.27. The van der Waals surface area contributed by atoms with Crippen molar-refractivity contribution in [1.82, 2.24) is 4.57 Å². The number of rotatable bonds is 4. The van der Waals surface area contributed by atoms with Crippen molar-refractivity contribution in [2.24, 2.45) is 7.05 Å². The molecule has 0 radical (unpaired) electrons. The molecule has 0 unspecified atom stereocenters. The van der Waals surface area contributed by atoms with Crippen molar-refractivity contribution in [2.45, 2.75) is 6.54 Å². The van der Waals surface area contributed by atoms with Crippen LogP contribution in [0.4, 0.5) is 5.69 Å². The second kappa shape index (κ2) is 5.93. The molecule has 0 amide bonds. The van der Waals surface area contributed by atoms with Gasteiger partial charge in [0.05, 0.1) is 18.4 Å². The third-order valence-corrected chi connectivity index (χ3v) is 2.97. The summed E-state index contributed by atoms with van der Waals surface area (Å²) in [6.45, 7) is 0.566. The molecule has 5 nitrogen and oxygen atoms in total. The van der Waals surface area contributed by atoms with Crippen molar-refractivity contribution in [3.63, 3.8) is 0 Å². The quantitative estimate of drug-likeness (QED) is 0.920. The van der Waals surface area contributed by atoms with E-state index < -0.39 is 0 Å². The molecule has 0 bridgehead atoms. The number of hydrogen-bond donors (Lipinski definition) is 1. The molecule has 1 N–H and O–H groups in total. The second-order valence-corrected chi connectivity index (χ2v) is 4.37. The zero-order valence-corrected chi connectivity index (χ0v) is 11.4. The van der Waals surface area contributed by atoms with E-state index in [0.29, 0.717) is 17.9 Å². The topological polar surface area (TPSA) is 67.0 Å². The molecule has 102 valence electrons. The van der Waals surface area contributed by atoms with E-state index in [9.17, 15) is 4.79 Å². The van der Waals surface area contributed by atoms with E-state index in [2.05, 4.69) is 11.4 Å². The highest BCUT2D eigenvalue weighted by molar-refractivity contribution is 5.47. The van der Waals surface area contributed by atoms with Gasteiger partial charge in [0.15, 0.2) is 0 Å². The van der Waals surface area contributed by atoms with Gasteiger partial charge in [-0.3, -0.25) is 4.79 Å². The standard InChI is InChI=1S/C15H15N3O2/c1-18-10-13(4-6-15(18)19)17-9-11-3-5-14(20-2)12(7-11)8-16/h3-7,10,17H,9H2,1-2H3. The van der Waals surface area contributed by atoms with Crippen LogP contribution >= 0.6 is 0 Å². The van der Waals surface area contributed by atoms with Gasteiger partial charge in [0.2, 0.25) is 5.56 Å². The van der Waals surface area contributed by atoms with Gasteiger partial charge in [-0.15, -0.1) is 0 Å². The number of ether oxygens (including phenoxy) is 1. The van der Waals surface area contributed by atoms with Crippen LogP contribution in [0.25, 0.3) is 0 Å². The van der Waals surface area contributed by atoms with Crippen molar-refractivity contribution < 1.29 is 4.74 Å². The van der Waals surface area contributed by atoms with Gasteiger partial charge >= 0.3 is 0 Å².